The fraction of sp³-hybridized carbons (Fsp3) is 0.533. The highest BCUT2D eigenvalue weighted by molar-refractivity contribution is 5.76. The molecule has 1 aromatic carbocycles. The Morgan fingerprint density at radius 2 is 2.18 bits per heavy atom. The SMILES string of the molecule is COc1cc(C)cc2c1OCC[C@H]2NC(=O)CCC(F)(F)F. The first-order valence-corrected chi connectivity index (χ1v) is 6.97. The highest BCUT2D eigenvalue weighted by atomic mass is 19.4. The molecule has 0 radical (unpaired) electrons. The number of amides is 1. The van der Waals surface area contributed by atoms with Crippen LogP contribution in [-0.2, 0) is 4.79 Å². The molecule has 1 aliphatic rings. The number of hydrogen-bond donors (Lipinski definition) is 1. The molecule has 1 aromatic rings. The summed E-state index contributed by atoms with van der Waals surface area (Å²) in [5, 5.41) is 2.65. The van der Waals surface area contributed by atoms with Crippen molar-refractivity contribution >= 4 is 5.91 Å². The molecule has 2 rings (SSSR count). The lowest BCUT2D eigenvalue weighted by molar-refractivity contribution is -0.144. The molecule has 122 valence electrons. The fourth-order valence-electron chi connectivity index (χ4n) is 2.44. The standard InChI is InChI=1S/C15H18F3NO3/c1-9-7-10-11(19-13(20)3-5-15(16,17)18)4-6-22-14(10)12(8-9)21-2/h7-8,11H,3-6H2,1-2H3,(H,19,20)/t11-/m1/s1. The molecule has 0 bridgehead atoms. The normalized spacial score (nSPS) is 17.4. The first kappa shape index (κ1) is 16.5. The lowest BCUT2D eigenvalue weighted by Crippen LogP contribution is -2.33. The number of fused-ring (bicyclic) bond motifs is 1. The molecule has 22 heavy (non-hydrogen) atoms. The van der Waals surface area contributed by atoms with Crippen LogP contribution in [0.15, 0.2) is 12.1 Å². The van der Waals surface area contributed by atoms with E-state index in [-0.39, 0.29) is 6.04 Å². The average Bonchev–Trinajstić information content (AvgIpc) is 2.44. The van der Waals surface area contributed by atoms with E-state index in [1.165, 1.54) is 7.11 Å². The van der Waals surface area contributed by atoms with Crippen molar-refractivity contribution in [2.24, 2.45) is 0 Å². The highest BCUT2D eigenvalue weighted by Gasteiger charge is 2.30. The molecule has 4 nitrogen and oxygen atoms in total. The molecule has 0 spiro atoms. The third-order valence-corrected chi connectivity index (χ3v) is 3.45. The first-order valence-electron chi connectivity index (χ1n) is 6.97. The van der Waals surface area contributed by atoms with E-state index in [1.54, 1.807) is 0 Å². The number of aryl methyl sites for hydroxylation is 1. The summed E-state index contributed by atoms with van der Waals surface area (Å²) in [6.07, 6.45) is -5.51. The molecule has 0 fully saturated rings. The largest absolute Gasteiger partial charge is 0.493 e. The maximum atomic E-state index is 12.2. The minimum Gasteiger partial charge on any atom is -0.493 e. The Morgan fingerprint density at radius 3 is 2.82 bits per heavy atom. The van der Waals surface area contributed by atoms with Crippen LogP contribution in [0.5, 0.6) is 11.5 Å². The average molecular weight is 317 g/mol. The number of hydrogen-bond acceptors (Lipinski definition) is 3. The highest BCUT2D eigenvalue weighted by Crippen LogP contribution is 2.40. The Hall–Kier alpha value is -1.92. The van der Waals surface area contributed by atoms with Gasteiger partial charge < -0.3 is 14.8 Å². The van der Waals surface area contributed by atoms with Gasteiger partial charge in [-0.1, -0.05) is 6.07 Å². The van der Waals surface area contributed by atoms with Crippen molar-refractivity contribution in [1.29, 1.82) is 0 Å². The second kappa shape index (κ2) is 6.46. The molecule has 0 saturated carbocycles. The Bertz CT molecular complexity index is 558. The van der Waals surface area contributed by atoms with Crippen LogP contribution in [0.4, 0.5) is 13.2 Å². The number of carbonyl (C=O) groups is 1. The third kappa shape index (κ3) is 4.05. The Balaban J connectivity index is 2.12. The van der Waals surface area contributed by atoms with Gasteiger partial charge >= 0.3 is 6.18 Å². The summed E-state index contributed by atoms with van der Waals surface area (Å²) in [5.41, 5.74) is 1.67. The quantitative estimate of drug-likeness (QED) is 0.927. The Kier molecular flexibility index (Phi) is 4.83. The number of nitrogens with one attached hydrogen (secondary N) is 1. The summed E-state index contributed by atoms with van der Waals surface area (Å²) in [7, 11) is 1.52. The maximum absolute atomic E-state index is 12.2. The van der Waals surface area contributed by atoms with Crippen molar-refractivity contribution in [2.75, 3.05) is 13.7 Å². The third-order valence-electron chi connectivity index (χ3n) is 3.45. The van der Waals surface area contributed by atoms with Gasteiger partial charge in [-0.25, -0.2) is 0 Å². The molecular weight excluding hydrogens is 299 g/mol. The topological polar surface area (TPSA) is 47.6 Å². The van der Waals surface area contributed by atoms with Gasteiger partial charge in [0.05, 0.1) is 26.2 Å². The van der Waals surface area contributed by atoms with Crippen LogP contribution in [0.25, 0.3) is 0 Å². The predicted molar refractivity (Wildman–Crippen MR) is 74.0 cm³/mol. The summed E-state index contributed by atoms with van der Waals surface area (Å²) in [6, 6.07) is 3.30. The Labute approximate surface area is 126 Å². The van der Waals surface area contributed by atoms with Crippen molar-refractivity contribution in [3.8, 4) is 11.5 Å². The van der Waals surface area contributed by atoms with Crippen LogP contribution in [0.1, 0.15) is 36.4 Å². The molecule has 1 heterocycles. The second-order valence-corrected chi connectivity index (χ2v) is 5.26. The summed E-state index contributed by atoms with van der Waals surface area (Å²) < 4.78 is 47.3. The molecular formula is C15H18F3NO3. The van der Waals surface area contributed by atoms with Gasteiger partial charge in [-0.2, -0.15) is 13.2 Å². The molecule has 1 aliphatic heterocycles. The molecule has 0 unspecified atom stereocenters. The van der Waals surface area contributed by atoms with Crippen LogP contribution in [0, 0.1) is 6.92 Å². The summed E-state index contributed by atoms with van der Waals surface area (Å²) in [6.45, 7) is 2.25. The van der Waals surface area contributed by atoms with E-state index in [0.29, 0.717) is 24.5 Å². The van der Waals surface area contributed by atoms with E-state index in [1.807, 2.05) is 19.1 Å². The van der Waals surface area contributed by atoms with Gasteiger partial charge in [-0.3, -0.25) is 4.79 Å². The van der Waals surface area contributed by atoms with E-state index >= 15 is 0 Å². The number of benzene rings is 1. The van der Waals surface area contributed by atoms with E-state index in [4.69, 9.17) is 9.47 Å². The van der Waals surface area contributed by atoms with Crippen molar-refractivity contribution in [3.05, 3.63) is 23.3 Å². The molecule has 1 N–H and O–H groups in total. The summed E-state index contributed by atoms with van der Waals surface area (Å²) in [5.74, 6) is 0.486. The minimum absolute atomic E-state index is 0.363. The van der Waals surface area contributed by atoms with E-state index in [0.717, 1.165) is 11.1 Å². The smallest absolute Gasteiger partial charge is 0.389 e. The zero-order valence-corrected chi connectivity index (χ0v) is 12.4. The van der Waals surface area contributed by atoms with Crippen LogP contribution < -0.4 is 14.8 Å². The van der Waals surface area contributed by atoms with Crippen LogP contribution >= 0.6 is 0 Å². The van der Waals surface area contributed by atoms with E-state index < -0.39 is 24.9 Å². The monoisotopic (exact) mass is 317 g/mol. The van der Waals surface area contributed by atoms with Crippen molar-refractivity contribution in [3.63, 3.8) is 0 Å². The van der Waals surface area contributed by atoms with Crippen molar-refractivity contribution in [1.82, 2.24) is 5.32 Å². The molecule has 7 heteroatoms. The fourth-order valence-corrected chi connectivity index (χ4v) is 2.44. The van der Waals surface area contributed by atoms with Gasteiger partial charge in [-0.05, 0) is 18.6 Å². The van der Waals surface area contributed by atoms with Crippen LogP contribution in [-0.4, -0.2) is 25.8 Å². The van der Waals surface area contributed by atoms with Gasteiger partial charge in [0.25, 0.3) is 0 Å². The van der Waals surface area contributed by atoms with Crippen molar-refractivity contribution in [2.45, 2.75) is 38.4 Å². The number of alkyl halides is 3. The Morgan fingerprint density at radius 1 is 1.45 bits per heavy atom. The molecule has 0 saturated heterocycles. The second-order valence-electron chi connectivity index (χ2n) is 5.26. The zero-order valence-electron chi connectivity index (χ0n) is 12.4. The number of halogens is 3. The number of rotatable bonds is 4. The number of methoxy groups -OCH3 is 1. The molecule has 0 aliphatic carbocycles. The predicted octanol–water partition coefficient (Wildman–Crippen LogP) is 3.29. The van der Waals surface area contributed by atoms with Gasteiger partial charge in [0.15, 0.2) is 11.5 Å². The molecule has 0 aromatic heterocycles. The lowest BCUT2D eigenvalue weighted by Gasteiger charge is -2.28. The van der Waals surface area contributed by atoms with Gasteiger partial charge in [0, 0.05) is 18.4 Å². The van der Waals surface area contributed by atoms with Crippen LogP contribution in [0.2, 0.25) is 0 Å². The zero-order chi connectivity index (χ0) is 16.3. The maximum Gasteiger partial charge on any atom is 0.389 e. The molecule has 1 amide bonds. The summed E-state index contributed by atoms with van der Waals surface area (Å²) in [4.78, 5) is 11.7. The first-order chi connectivity index (χ1) is 10.3. The van der Waals surface area contributed by atoms with Gasteiger partial charge in [0.1, 0.15) is 0 Å². The van der Waals surface area contributed by atoms with Gasteiger partial charge in [-0.15, -0.1) is 0 Å². The van der Waals surface area contributed by atoms with Crippen molar-refractivity contribution < 1.29 is 27.4 Å². The molecule has 1 atom stereocenters. The number of ether oxygens (including phenoxy) is 2. The summed E-state index contributed by atoms with van der Waals surface area (Å²) >= 11 is 0. The lowest BCUT2D eigenvalue weighted by atomic mass is 9.97. The number of carbonyl (C=O) groups excluding carboxylic acids is 1. The minimum atomic E-state index is -4.33. The van der Waals surface area contributed by atoms with Gasteiger partial charge in [0.2, 0.25) is 5.91 Å². The van der Waals surface area contributed by atoms with E-state index in [9.17, 15) is 18.0 Å². The van der Waals surface area contributed by atoms with Crippen LogP contribution in [0.3, 0.4) is 0 Å². The van der Waals surface area contributed by atoms with E-state index in [2.05, 4.69) is 5.32 Å².